The van der Waals surface area contributed by atoms with E-state index in [1.54, 1.807) is 25.1 Å². The van der Waals surface area contributed by atoms with Gasteiger partial charge in [0.05, 0.1) is 27.8 Å². The lowest BCUT2D eigenvalue weighted by atomic mass is 10.3. The molecule has 0 heterocycles. The number of nitrogens with zero attached hydrogens (tertiary/aromatic N) is 1. The van der Waals surface area contributed by atoms with Crippen LogP contribution in [-0.2, 0) is 24.8 Å². The van der Waals surface area contributed by atoms with E-state index in [4.69, 9.17) is 16.3 Å². The molecule has 0 aliphatic heterocycles. The predicted octanol–water partition coefficient (Wildman–Crippen LogP) is 5.51. The molecule has 0 fully saturated rings. The van der Waals surface area contributed by atoms with Crippen molar-refractivity contribution in [2.24, 2.45) is 0 Å². The molecule has 214 valence electrons. The van der Waals surface area contributed by atoms with Crippen LogP contribution in [0.2, 0.25) is 5.02 Å². The van der Waals surface area contributed by atoms with E-state index in [9.17, 15) is 26.0 Å². The van der Waals surface area contributed by atoms with Gasteiger partial charge in [0.15, 0.2) is 0 Å². The number of anilines is 3. The molecule has 13 heteroatoms. The molecule has 41 heavy (non-hydrogen) atoms. The van der Waals surface area contributed by atoms with E-state index >= 15 is 0 Å². The second kappa shape index (κ2) is 12.6. The van der Waals surface area contributed by atoms with Gasteiger partial charge in [-0.2, -0.15) is 0 Å². The zero-order chi connectivity index (χ0) is 29.6. The molecule has 0 aliphatic rings. The summed E-state index contributed by atoms with van der Waals surface area (Å²) in [5.41, 5.74) is 0.586. The molecule has 0 spiro atoms. The average Bonchev–Trinajstić information content (AvgIpc) is 2.93. The van der Waals surface area contributed by atoms with Crippen molar-refractivity contribution in [2.45, 2.75) is 16.7 Å². The van der Waals surface area contributed by atoms with E-state index in [1.807, 2.05) is 0 Å². The van der Waals surface area contributed by atoms with Crippen LogP contribution in [0.5, 0.6) is 5.75 Å². The van der Waals surface area contributed by atoms with Crippen molar-refractivity contribution in [2.75, 3.05) is 27.5 Å². The van der Waals surface area contributed by atoms with Crippen LogP contribution in [0.4, 0.5) is 21.5 Å². The minimum Gasteiger partial charge on any atom is -0.494 e. The molecule has 0 radical (unpaired) electrons. The monoisotopic (exact) mass is 617 g/mol. The molecule has 2 N–H and O–H groups in total. The Hall–Kier alpha value is -4.13. The minimum absolute atomic E-state index is 0.0681. The highest BCUT2D eigenvalue weighted by Crippen LogP contribution is 2.26. The first kappa shape index (κ1) is 29.8. The molecule has 1 amide bonds. The maximum absolute atomic E-state index is 13.6. The Kier molecular flexibility index (Phi) is 9.16. The smallest absolute Gasteiger partial charge is 0.264 e. The van der Waals surface area contributed by atoms with E-state index in [-0.39, 0.29) is 26.9 Å². The van der Waals surface area contributed by atoms with Crippen LogP contribution in [0.1, 0.15) is 6.92 Å². The normalized spacial score (nSPS) is 11.5. The largest absolute Gasteiger partial charge is 0.494 e. The van der Waals surface area contributed by atoms with E-state index < -0.39 is 38.3 Å². The van der Waals surface area contributed by atoms with Gasteiger partial charge in [0, 0.05) is 10.7 Å². The Morgan fingerprint density at radius 2 is 1.49 bits per heavy atom. The van der Waals surface area contributed by atoms with Gasteiger partial charge in [-0.1, -0.05) is 17.7 Å². The molecule has 4 aromatic rings. The Bertz CT molecular complexity index is 1730. The number of nitrogens with one attached hydrogen (secondary N) is 2. The summed E-state index contributed by atoms with van der Waals surface area (Å²) >= 11 is 5.91. The molecule has 0 saturated carbocycles. The standard InChI is InChI=1S/C28H25ClFN3O6S2/c1-2-39-25-12-16-27(17-13-25)41(37,38)33(24-10-6-21(30)7-11-24)19-28(34)31-22-8-14-26(15-9-22)40(35,36)32-23-5-3-4-20(29)18-23/h3-18,32H,2,19H2,1H3,(H,31,34). The van der Waals surface area contributed by atoms with Crippen molar-refractivity contribution in [3.63, 3.8) is 0 Å². The van der Waals surface area contributed by atoms with Crippen molar-refractivity contribution in [3.05, 3.63) is 108 Å². The first-order valence-corrected chi connectivity index (χ1v) is 15.5. The highest BCUT2D eigenvalue weighted by Gasteiger charge is 2.27. The maximum atomic E-state index is 13.6. The molecule has 0 unspecified atom stereocenters. The predicted molar refractivity (Wildman–Crippen MR) is 156 cm³/mol. The van der Waals surface area contributed by atoms with Crippen molar-refractivity contribution in [1.29, 1.82) is 0 Å². The lowest BCUT2D eigenvalue weighted by molar-refractivity contribution is -0.114. The molecular weight excluding hydrogens is 593 g/mol. The van der Waals surface area contributed by atoms with Gasteiger partial charge < -0.3 is 10.1 Å². The SMILES string of the molecule is CCOc1ccc(S(=O)(=O)N(CC(=O)Nc2ccc(S(=O)(=O)Nc3cccc(Cl)c3)cc2)c2ccc(F)cc2)cc1. The first-order valence-electron chi connectivity index (χ1n) is 12.2. The number of hydrogen-bond acceptors (Lipinski definition) is 6. The fraction of sp³-hybridized carbons (Fsp3) is 0.107. The van der Waals surface area contributed by atoms with Crippen LogP contribution in [0.3, 0.4) is 0 Å². The summed E-state index contributed by atoms with van der Waals surface area (Å²) in [6.07, 6.45) is 0. The van der Waals surface area contributed by atoms with Crippen molar-refractivity contribution in [3.8, 4) is 5.75 Å². The second-order valence-corrected chi connectivity index (χ2v) is 12.6. The zero-order valence-electron chi connectivity index (χ0n) is 21.6. The van der Waals surface area contributed by atoms with Gasteiger partial charge in [-0.3, -0.25) is 13.8 Å². The van der Waals surface area contributed by atoms with E-state index in [0.29, 0.717) is 17.4 Å². The average molecular weight is 618 g/mol. The van der Waals surface area contributed by atoms with Crippen LogP contribution >= 0.6 is 11.6 Å². The maximum Gasteiger partial charge on any atom is 0.264 e. The highest BCUT2D eigenvalue weighted by atomic mass is 35.5. The van der Waals surface area contributed by atoms with Crippen molar-refractivity contribution >= 4 is 54.6 Å². The van der Waals surface area contributed by atoms with E-state index in [2.05, 4.69) is 10.0 Å². The first-order chi connectivity index (χ1) is 19.5. The molecule has 0 saturated heterocycles. The number of rotatable bonds is 11. The van der Waals surface area contributed by atoms with Gasteiger partial charge in [0.1, 0.15) is 18.1 Å². The Morgan fingerprint density at radius 1 is 0.854 bits per heavy atom. The summed E-state index contributed by atoms with van der Waals surface area (Å²) in [6, 6.07) is 21.9. The Labute approximate surface area is 242 Å². The van der Waals surface area contributed by atoms with Crippen molar-refractivity contribution < 1.29 is 30.8 Å². The quantitative estimate of drug-likeness (QED) is 0.229. The number of carbonyl (C=O) groups excluding carboxylic acids is 1. The number of carbonyl (C=O) groups is 1. The topological polar surface area (TPSA) is 122 Å². The Morgan fingerprint density at radius 3 is 2.10 bits per heavy atom. The molecular formula is C28H25ClFN3O6S2. The van der Waals surface area contributed by atoms with Gasteiger partial charge in [-0.25, -0.2) is 21.2 Å². The van der Waals surface area contributed by atoms with E-state index in [0.717, 1.165) is 16.4 Å². The number of hydrogen-bond donors (Lipinski definition) is 2. The molecule has 0 aromatic heterocycles. The fourth-order valence-corrected chi connectivity index (χ4v) is 6.40. The molecule has 9 nitrogen and oxygen atoms in total. The molecule has 0 bridgehead atoms. The lowest BCUT2D eigenvalue weighted by Crippen LogP contribution is -2.38. The second-order valence-electron chi connectivity index (χ2n) is 8.58. The Balaban J connectivity index is 1.52. The number of benzene rings is 4. The van der Waals surface area contributed by atoms with Crippen LogP contribution in [-0.4, -0.2) is 35.9 Å². The number of ether oxygens (including phenoxy) is 1. The van der Waals surface area contributed by atoms with Gasteiger partial charge in [-0.15, -0.1) is 0 Å². The van der Waals surface area contributed by atoms with Crippen LogP contribution in [0.15, 0.2) is 107 Å². The fourth-order valence-electron chi connectivity index (χ4n) is 3.74. The number of amides is 1. The molecule has 4 rings (SSSR count). The van der Waals surface area contributed by atoms with Crippen LogP contribution in [0.25, 0.3) is 0 Å². The number of halogens is 2. The van der Waals surface area contributed by atoms with Crippen LogP contribution in [0, 0.1) is 5.82 Å². The summed E-state index contributed by atoms with van der Waals surface area (Å²) < 4.78 is 74.7. The third-order valence-corrected chi connectivity index (χ3v) is 9.07. The van der Waals surface area contributed by atoms with Gasteiger partial charge >= 0.3 is 0 Å². The zero-order valence-corrected chi connectivity index (χ0v) is 24.0. The van der Waals surface area contributed by atoms with E-state index in [1.165, 1.54) is 66.7 Å². The summed E-state index contributed by atoms with van der Waals surface area (Å²) in [5, 5.41) is 2.93. The van der Waals surface area contributed by atoms with Gasteiger partial charge in [-0.05, 0) is 97.9 Å². The molecule has 0 aliphatic carbocycles. The van der Waals surface area contributed by atoms with Crippen molar-refractivity contribution in [1.82, 2.24) is 0 Å². The minimum atomic E-state index is -4.25. The third-order valence-electron chi connectivity index (χ3n) is 5.65. The summed E-state index contributed by atoms with van der Waals surface area (Å²) in [5.74, 6) is -0.807. The van der Waals surface area contributed by atoms with Gasteiger partial charge in [0.2, 0.25) is 5.91 Å². The summed E-state index contributed by atoms with van der Waals surface area (Å²) in [6.45, 7) is 1.56. The molecule has 0 atom stereocenters. The lowest BCUT2D eigenvalue weighted by Gasteiger charge is -2.24. The molecule has 4 aromatic carbocycles. The number of sulfonamides is 2. The van der Waals surface area contributed by atoms with Gasteiger partial charge in [0.25, 0.3) is 20.0 Å². The summed E-state index contributed by atoms with van der Waals surface area (Å²) in [7, 11) is -8.19. The third kappa shape index (κ3) is 7.54. The van der Waals surface area contributed by atoms with Crippen LogP contribution < -0.4 is 19.1 Å². The summed E-state index contributed by atoms with van der Waals surface area (Å²) in [4.78, 5) is 12.8. The highest BCUT2D eigenvalue weighted by molar-refractivity contribution is 7.93.